The summed E-state index contributed by atoms with van der Waals surface area (Å²) in [4.78, 5) is 13.1. The van der Waals surface area contributed by atoms with Crippen LogP contribution in [0.2, 0.25) is 0 Å². The molecule has 5 nitrogen and oxygen atoms in total. The Morgan fingerprint density at radius 2 is 2.43 bits per heavy atom. The molecule has 2 heterocycles. The molecule has 2 aliphatic rings. The molecule has 0 spiro atoms. The number of ether oxygens (including phenoxy) is 1. The zero-order valence-corrected chi connectivity index (χ0v) is 8.11. The summed E-state index contributed by atoms with van der Waals surface area (Å²) in [6.07, 6.45) is 0.962. The quantitative estimate of drug-likeness (QED) is 0.607. The summed E-state index contributed by atoms with van der Waals surface area (Å²) >= 11 is 0. The number of aliphatic carboxylic acids is 1. The second kappa shape index (κ2) is 4.25. The molecule has 0 aliphatic carbocycles. The van der Waals surface area contributed by atoms with Crippen LogP contribution in [-0.2, 0) is 9.53 Å². The number of hydrogen-bond acceptors (Lipinski definition) is 4. The van der Waals surface area contributed by atoms with Crippen LogP contribution in [-0.4, -0.2) is 60.9 Å². The van der Waals surface area contributed by atoms with Crippen molar-refractivity contribution in [3.8, 4) is 0 Å². The van der Waals surface area contributed by atoms with E-state index in [2.05, 4.69) is 10.2 Å². The fourth-order valence-corrected chi connectivity index (χ4v) is 2.17. The normalized spacial score (nSPS) is 34.6. The topological polar surface area (TPSA) is 61.8 Å². The Kier molecular flexibility index (Phi) is 3.00. The molecule has 0 aromatic heterocycles. The fourth-order valence-electron chi connectivity index (χ4n) is 2.17. The Morgan fingerprint density at radius 3 is 3.07 bits per heavy atom. The molecule has 2 unspecified atom stereocenters. The minimum Gasteiger partial charge on any atom is -0.480 e. The van der Waals surface area contributed by atoms with E-state index in [0.717, 1.165) is 26.1 Å². The molecule has 0 bridgehead atoms. The van der Waals surface area contributed by atoms with Crippen molar-refractivity contribution < 1.29 is 14.6 Å². The lowest BCUT2D eigenvalue weighted by Crippen LogP contribution is -2.58. The number of hydrogen-bond donors (Lipinski definition) is 2. The summed E-state index contributed by atoms with van der Waals surface area (Å²) in [7, 11) is 0. The average Bonchev–Trinajstić information content (AvgIpc) is 2.70. The van der Waals surface area contributed by atoms with E-state index in [4.69, 9.17) is 9.84 Å². The molecule has 0 aromatic carbocycles. The van der Waals surface area contributed by atoms with Gasteiger partial charge in [-0.05, 0) is 6.42 Å². The van der Waals surface area contributed by atoms with Gasteiger partial charge in [-0.2, -0.15) is 0 Å². The van der Waals surface area contributed by atoms with Crippen LogP contribution in [0.4, 0.5) is 0 Å². The van der Waals surface area contributed by atoms with Gasteiger partial charge in [-0.3, -0.25) is 9.69 Å². The highest BCUT2D eigenvalue weighted by Crippen LogP contribution is 2.16. The van der Waals surface area contributed by atoms with E-state index in [1.54, 1.807) is 0 Å². The van der Waals surface area contributed by atoms with Crippen molar-refractivity contribution in [2.45, 2.75) is 18.5 Å². The summed E-state index contributed by atoms with van der Waals surface area (Å²) < 4.78 is 5.28. The van der Waals surface area contributed by atoms with Gasteiger partial charge in [0.05, 0.1) is 6.61 Å². The predicted molar refractivity (Wildman–Crippen MR) is 50.2 cm³/mol. The number of carboxylic acid groups (broad SMARTS) is 1. The lowest BCUT2D eigenvalue weighted by atomic mass is 10.1. The molecule has 0 aromatic rings. The monoisotopic (exact) mass is 200 g/mol. The Hall–Kier alpha value is -0.650. The third-order valence-corrected chi connectivity index (χ3v) is 2.94. The number of carbonyl (C=O) groups is 1. The van der Waals surface area contributed by atoms with Crippen LogP contribution in [0.3, 0.4) is 0 Å². The zero-order valence-electron chi connectivity index (χ0n) is 8.11. The van der Waals surface area contributed by atoms with Crippen LogP contribution in [0.15, 0.2) is 0 Å². The maximum absolute atomic E-state index is 11.0. The van der Waals surface area contributed by atoms with Crippen LogP contribution in [0, 0.1) is 0 Å². The Bertz CT molecular complexity index is 216. The molecule has 2 rings (SSSR count). The first-order valence-electron chi connectivity index (χ1n) is 5.06. The van der Waals surface area contributed by atoms with Gasteiger partial charge in [0.1, 0.15) is 6.04 Å². The lowest BCUT2D eigenvalue weighted by molar-refractivity contribution is -0.145. The van der Waals surface area contributed by atoms with Crippen LogP contribution >= 0.6 is 0 Å². The highest BCUT2D eigenvalue weighted by molar-refractivity contribution is 5.74. The summed E-state index contributed by atoms with van der Waals surface area (Å²) in [5.41, 5.74) is 0. The molecule has 2 fully saturated rings. The number of rotatable bonds is 2. The van der Waals surface area contributed by atoms with Gasteiger partial charge in [0, 0.05) is 32.3 Å². The SMILES string of the molecule is O=C(O)C1CNCCN1C1CCOC1. The first kappa shape index (κ1) is 9.89. The summed E-state index contributed by atoms with van der Waals surface area (Å²) in [5, 5.41) is 12.2. The van der Waals surface area contributed by atoms with Crippen molar-refractivity contribution in [3.05, 3.63) is 0 Å². The summed E-state index contributed by atoms with van der Waals surface area (Å²) in [5.74, 6) is -0.732. The van der Waals surface area contributed by atoms with Gasteiger partial charge >= 0.3 is 5.97 Å². The molecule has 0 amide bonds. The smallest absolute Gasteiger partial charge is 0.322 e. The second-order valence-electron chi connectivity index (χ2n) is 3.81. The van der Waals surface area contributed by atoms with E-state index in [0.29, 0.717) is 19.2 Å². The van der Waals surface area contributed by atoms with Crippen molar-refractivity contribution in [1.29, 1.82) is 0 Å². The van der Waals surface area contributed by atoms with Crippen LogP contribution < -0.4 is 5.32 Å². The molecule has 2 atom stereocenters. The Morgan fingerprint density at radius 1 is 1.57 bits per heavy atom. The van der Waals surface area contributed by atoms with Gasteiger partial charge in [0.25, 0.3) is 0 Å². The maximum Gasteiger partial charge on any atom is 0.322 e. The molecule has 80 valence electrons. The van der Waals surface area contributed by atoms with E-state index >= 15 is 0 Å². The third-order valence-electron chi connectivity index (χ3n) is 2.94. The van der Waals surface area contributed by atoms with Crippen molar-refractivity contribution >= 4 is 5.97 Å². The zero-order chi connectivity index (χ0) is 9.97. The summed E-state index contributed by atoms with van der Waals surface area (Å²) in [6, 6.07) is -0.0753. The Labute approximate surface area is 83.0 Å². The van der Waals surface area contributed by atoms with E-state index in [9.17, 15) is 4.79 Å². The van der Waals surface area contributed by atoms with Crippen LogP contribution in [0.25, 0.3) is 0 Å². The highest BCUT2D eigenvalue weighted by Gasteiger charge is 2.34. The average molecular weight is 200 g/mol. The summed E-state index contributed by atoms with van der Waals surface area (Å²) in [6.45, 7) is 3.68. The number of piperazine rings is 1. The van der Waals surface area contributed by atoms with Crippen molar-refractivity contribution in [1.82, 2.24) is 10.2 Å². The van der Waals surface area contributed by atoms with Gasteiger partial charge < -0.3 is 15.2 Å². The minimum atomic E-state index is -0.732. The largest absolute Gasteiger partial charge is 0.480 e. The van der Waals surface area contributed by atoms with E-state index in [1.165, 1.54) is 0 Å². The fraction of sp³-hybridized carbons (Fsp3) is 0.889. The van der Waals surface area contributed by atoms with Crippen LogP contribution in [0.5, 0.6) is 0 Å². The molecule has 14 heavy (non-hydrogen) atoms. The minimum absolute atomic E-state index is 0.304. The highest BCUT2D eigenvalue weighted by atomic mass is 16.5. The predicted octanol–water partition coefficient (Wildman–Crippen LogP) is -0.866. The number of carboxylic acids is 1. The molecule has 2 N–H and O–H groups in total. The van der Waals surface area contributed by atoms with Crippen molar-refractivity contribution in [2.24, 2.45) is 0 Å². The van der Waals surface area contributed by atoms with E-state index < -0.39 is 5.97 Å². The lowest BCUT2D eigenvalue weighted by Gasteiger charge is -2.37. The standard InChI is InChI=1S/C9H16N2O3/c12-9(13)8-5-10-2-3-11(8)7-1-4-14-6-7/h7-8,10H,1-6H2,(H,12,13). The third kappa shape index (κ3) is 1.89. The first-order chi connectivity index (χ1) is 6.79. The first-order valence-corrected chi connectivity index (χ1v) is 5.06. The molecular weight excluding hydrogens is 184 g/mol. The Balaban J connectivity index is 2.01. The molecule has 2 aliphatic heterocycles. The van der Waals surface area contributed by atoms with Gasteiger partial charge in [-0.15, -0.1) is 0 Å². The van der Waals surface area contributed by atoms with Crippen molar-refractivity contribution in [2.75, 3.05) is 32.8 Å². The van der Waals surface area contributed by atoms with Gasteiger partial charge in [-0.1, -0.05) is 0 Å². The van der Waals surface area contributed by atoms with Crippen LogP contribution in [0.1, 0.15) is 6.42 Å². The van der Waals surface area contributed by atoms with E-state index in [-0.39, 0.29) is 6.04 Å². The molecule has 2 saturated heterocycles. The van der Waals surface area contributed by atoms with Gasteiger partial charge in [-0.25, -0.2) is 0 Å². The molecule has 5 heteroatoms. The number of nitrogens with zero attached hydrogens (tertiary/aromatic N) is 1. The molecule has 0 radical (unpaired) electrons. The van der Waals surface area contributed by atoms with Gasteiger partial charge in [0.2, 0.25) is 0 Å². The van der Waals surface area contributed by atoms with E-state index in [1.807, 2.05) is 0 Å². The molecule has 0 saturated carbocycles. The second-order valence-corrected chi connectivity index (χ2v) is 3.81. The maximum atomic E-state index is 11.0. The van der Waals surface area contributed by atoms with Crippen molar-refractivity contribution in [3.63, 3.8) is 0 Å². The number of nitrogens with one attached hydrogen (secondary N) is 1. The molecular formula is C9H16N2O3. The van der Waals surface area contributed by atoms with Gasteiger partial charge in [0.15, 0.2) is 0 Å².